The van der Waals surface area contributed by atoms with Gasteiger partial charge in [0.1, 0.15) is 0 Å². The Hall–Kier alpha value is -1.71. The number of furan rings is 1. The third-order valence-electron chi connectivity index (χ3n) is 3.56. The van der Waals surface area contributed by atoms with Crippen LogP contribution in [0, 0.1) is 6.92 Å². The van der Waals surface area contributed by atoms with Gasteiger partial charge in [0.15, 0.2) is 10.9 Å². The minimum Gasteiger partial charge on any atom is -0.438 e. The van der Waals surface area contributed by atoms with Gasteiger partial charge in [-0.3, -0.25) is 10.1 Å². The van der Waals surface area contributed by atoms with Gasteiger partial charge in [0.2, 0.25) is 5.09 Å². The molecule has 1 aliphatic heterocycles. The van der Waals surface area contributed by atoms with Gasteiger partial charge >= 0.3 is 0 Å². The molecule has 0 radical (unpaired) electrons. The summed E-state index contributed by atoms with van der Waals surface area (Å²) < 4.78 is 31.6. The number of piperidine rings is 1. The van der Waals surface area contributed by atoms with E-state index in [4.69, 9.17) is 4.42 Å². The zero-order valence-electron chi connectivity index (χ0n) is 12.6. The second-order valence-corrected chi connectivity index (χ2v) is 8.42. The van der Waals surface area contributed by atoms with Crippen LogP contribution in [0.4, 0.5) is 5.13 Å². The average Bonchev–Trinajstić information content (AvgIpc) is 3.18. The number of hydrogen-bond donors (Lipinski definition) is 1. The summed E-state index contributed by atoms with van der Waals surface area (Å²) >= 11 is 1.33. The van der Waals surface area contributed by atoms with E-state index >= 15 is 0 Å². The quantitative estimate of drug-likeness (QED) is 0.909. The van der Waals surface area contributed by atoms with Gasteiger partial charge in [0.25, 0.3) is 15.9 Å². The molecule has 23 heavy (non-hydrogen) atoms. The smallest absolute Gasteiger partial charge is 0.293 e. The molecular formula is C14H17N3O4S2. The molecule has 0 bridgehead atoms. The maximum atomic E-state index is 12.5. The van der Waals surface area contributed by atoms with Gasteiger partial charge in [-0.15, -0.1) is 11.3 Å². The summed E-state index contributed by atoms with van der Waals surface area (Å²) in [7, 11) is -3.67. The van der Waals surface area contributed by atoms with Gasteiger partial charge in [-0.25, -0.2) is 13.4 Å². The monoisotopic (exact) mass is 355 g/mol. The number of sulfonamides is 1. The first-order valence-electron chi connectivity index (χ1n) is 7.30. The third-order valence-corrected chi connectivity index (χ3v) is 6.16. The molecule has 0 saturated carbocycles. The van der Waals surface area contributed by atoms with Crippen LogP contribution in [-0.2, 0) is 10.0 Å². The number of carbonyl (C=O) groups is 1. The van der Waals surface area contributed by atoms with Crippen LogP contribution in [0.2, 0.25) is 0 Å². The highest BCUT2D eigenvalue weighted by Gasteiger charge is 2.29. The summed E-state index contributed by atoms with van der Waals surface area (Å²) in [6.07, 6.45) is 4.37. The summed E-state index contributed by atoms with van der Waals surface area (Å²) in [5.74, 6) is -0.562. The summed E-state index contributed by atoms with van der Waals surface area (Å²) in [5.41, 5.74) is 0. The first-order valence-corrected chi connectivity index (χ1v) is 9.56. The van der Waals surface area contributed by atoms with Crippen LogP contribution in [0.25, 0.3) is 0 Å². The zero-order valence-corrected chi connectivity index (χ0v) is 14.2. The minimum absolute atomic E-state index is 0.0477. The number of rotatable bonds is 4. The van der Waals surface area contributed by atoms with Crippen molar-refractivity contribution in [3.05, 3.63) is 29.0 Å². The van der Waals surface area contributed by atoms with Crippen LogP contribution in [-0.4, -0.2) is 36.7 Å². The van der Waals surface area contributed by atoms with Crippen molar-refractivity contribution >= 4 is 32.4 Å². The zero-order chi connectivity index (χ0) is 16.4. The largest absolute Gasteiger partial charge is 0.438 e. The molecular weight excluding hydrogens is 338 g/mol. The summed E-state index contributed by atoms with van der Waals surface area (Å²) in [6, 6.07) is 2.69. The Labute approximate surface area is 138 Å². The van der Waals surface area contributed by atoms with Crippen molar-refractivity contribution < 1.29 is 17.6 Å². The van der Waals surface area contributed by atoms with E-state index in [1.54, 1.807) is 6.20 Å². The first-order chi connectivity index (χ1) is 11.0. The summed E-state index contributed by atoms with van der Waals surface area (Å²) in [6.45, 7) is 2.86. The Morgan fingerprint density at radius 1 is 1.30 bits per heavy atom. The number of aryl methyl sites for hydroxylation is 1. The highest BCUT2D eigenvalue weighted by Crippen LogP contribution is 2.23. The molecule has 7 nitrogen and oxygen atoms in total. The predicted octanol–water partition coefficient (Wildman–Crippen LogP) is 2.47. The molecule has 0 atom stereocenters. The van der Waals surface area contributed by atoms with Crippen molar-refractivity contribution in [3.63, 3.8) is 0 Å². The van der Waals surface area contributed by atoms with Crippen LogP contribution in [0.3, 0.4) is 0 Å². The predicted molar refractivity (Wildman–Crippen MR) is 86.1 cm³/mol. The molecule has 2 aromatic rings. The summed E-state index contributed by atoms with van der Waals surface area (Å²) in [4.78, 5) is 17.1. The molecule has 1 amide bonds. The van der Waals surface area contributed by atoms with Crippen molar-refractivity contribution in [2.75, 3.05) is 18.4 Å². The molecule has 1 fully saturated rings. The van der Waals surface area contributed by atoms with Crippen LogP contribution in [0.1, 0.15) is 34.7 Å². The topological polar surface area (TPSA) is 92.5 Å². The normalized spacial score (nSPS) is 16.4. The number of anilines is 1. The van der Waals surface area contributed by atoms with Gasteiger partial charge in [-0.1, -0.05) is 6.42 Å². The molecule has 0 spiro atoms. The van der Waals surface area contributed by atoms with E-state index in [0.717, 1.165) is 24.1 Å². The first kappa shape index (κ1) is 16.2. The molecule has 0 aliphatic carbocycles. The molecule has 3 heterocycles. The molecule has 1 aliphatic rings. The van der Waals surface area contributed by atoms with E-state index in [1.165, 1.54) is 27.8 Å². The number of amides is 1. The Morgan fingerprint density at radius 3 is 2.70 bits per heavy atom. The van der Waals surface area contributed by atoms with E-state index in [-0.39, 0.29) is 10.9 Å². The highest BCUT2D eigenvalue weighted by molar-refractivity contribution is 7.89. The van der Waals surface area contributed by atoms with Crippen molar-refractivity contribution in [2.24, 2.45) is 0 Å². The fourth-order valence-corrected chi connectivity index (χ4v) is 4.47. The number of nitrogens with one attached hydrogen (secondary N) is 1. The Kier molecular flexibility index (Phi) is 4.51. The van der Waals surface area contributed by atoms with Crippen molar-refractivity contribution in [3.8, 4) is 0 Å². The second-order valence-electron chi connectivity index (χ2n) is 5.31. The summed E-state index contributed by atoms with van der Waals surface area (Å²) in [5, 5.41) is 2.84. The Bertz CT molecular complexity index is 804. The number of carbonyl (C=O) groups excluding carboxylic acids is 1. The number of thiazole rings is 1. The van der Waals surface area contributed by atoms with Gasteiger partial charge in [0.05, 0.1) is 0 Å². The lowest BCUT2D eigenvalue weighted by Crippen LogP contribution is -2.35. The molecule has 3 rings (SSSR count). The Balaban J connectivity index is 1.75. The van der Waals surface area contributed by atoms with E-state index in [0.29, 0.717) is 18.2 Å². The lowest BCUT2D eigenvalue weighted by molar-refractivity contribution is 0.0991. The fourth-order valence-electron chi connectivity index (χ4n) is 2.38. The lowest BCUT2D eigenvalue weighted by atomic mass is 10.2. The molecule has 1 N–H and O–H groups in total. The molecule has 2 aromatic heterocycles. The van der Waals surface area contributed by atoms with Gasteiger partial charge in [-0.2, -0.15) is 4.31 Å². The van der Waals surface area contributed by atoms with E-state index in [2.05, 4.69) is 10.3 Å². The molecule has 9 heteroatoms. The standard InChI is InChI=1S/C14H17N3O4S2/c1-10-9-15-14(22-10)16-13(18)11-5-6-12(21-11)23(19,20)17-7-3-2-4-8-17/h5-6,9H,2-4,7-8H2,1H3,(H,15,16,18). The number of aromatic nitrogens is 1. The van der Waals surface area contributed by atoms with Crippen LogP contribution in [0.15, 0.2) is 27.8 Å². The average molecular weight is 355 g/mol. The van der Waals surface area contributed by atoms with E-state index in [9.17, 15) is 13.2 Å². The molecule has 124 valence electrons. The van der Waals surface area contributed by atoms with Gasteiger partial charge in [-0.05, 0) is 31.9 Å². The van der Waals surface area contributed by atoms with E-state index in [1.807, 2.05) is 6.92 Å². The van der Waals surface area contributed by atoms with Crippen molar-refractivity contribution in [2.45, 2.75) is 31.3 Å². The van der Waals surface area contributed by atoms with Crippen LogP contribution in [0.5, 0.6) is 0 Å². The lowest BCUT2D eigenvalue weighted by Gasteiger charge is -2.24. The minimum atomic E-state index is -3.67. The third kappa shape index (κ3) is 3.46. The van der Waals surface area contributed by atoms with E-state index < -0.39 is 15.9 Å². The number of nitrogens with zero attached hydrogens (tertiary/aromatic N) is 2. The van der Waals surface area contributed by atoms with Crippen LogP contribution < -0.4 is 5.32 Å². The fraction of sp³-hybridized carbons (Fsp3) is 0.429. The second kappa shape index (κ2) is 6.42. The number of hydrogen-bond acceptors (Lipinski definition) is 6. The maximum Gasteiger partial charge on any atom is 0.293 e. The van der Waals surface area contributed by atoms with Crippen molar-refractivity contribution in [1.82, 2.24) is 9.29 Å². The SMILES string of the molecule is Cc1cnc(NC(=O)c2ccc(S(=O)(=O)N3CCCCC3)o2)s1. The molecule has 0 unspecified atom stereocenters. The van der Waals surface area contributed by atoms with Gasteiger partial charge < -0.3 is 4.42 Å². The molecule has 1 saturated heterocycles. The van der Waals surface area contributed by atoms with Crippen molar-refractivity contribution in [1.29, 1.82) is 0 Å². The van der Waals surface area contributed by atoms with Gasteiger partial charge in [0, 0.05) is 24.2 Å². The maximum absolute atomic E-state index is 12.5. The Morgan fingerprint density at radius 2 is 2.04 bits per heavy atom. The van der Waals surface area contributed by atoms with Crippen LogP contribution >= 0.6 is 11.3 Å². The molecule has 0 aromatic carbocycles. The highest BCUT2D eigenvalue weighted by atomic mass is 32.2.